The lowest BCUT2D eigenvalue weighted by atomic mass is 10.1. The molecule has 0 saturated heterocycles. The molecule has 0 fully saturated rings. The number of nitrogens with one attached hydrogen (secondary N) is 3. The van der Waals surface area contributed by atoms with Gasteiger partial charge in [-0.2, -0.15) is 13.2 Å². The van der Waals surface area contributed by atoms with Gasteiger partial charge in [0, 0.05) is 16.1 Å². The fourth-order valence-corrected chi connectivity index (χ4v) is 4.97. The summed E-state index contributed by atoms with van der Waals surface area (Å²) < 4.78 is 40.0. The molecule has 0 aliphatic heterocycles. The predicted molar refractivity (Wildman–Crippen MR) is 164 cm³/mol. The zero-order chi connectivity index (χ0) is 31.0. The maximum Gasteiger partial charge on any atom is 0.418 e. The number of carbonyl (C=O) groups is 3. The van der Waals surface area contributed by atoms with Crippen molar-refractivity contribution >= 4 is 46.9 Å². The van der Waals surface area contributed by atoms with Crippen molar-refractivity contribution in [3.63, 3.8) is 0 Å². The number of para-hydroxylation sites is 1. The van der Waals surface area contributed by atoms with Crippen molar-refractivity contribution < 1.29 is 27.6 Å². The monoisotopic (exact) mass is 603 g/mol. The van der Waals surface area contributed by atoms with Crippen molar-refractivity contribution in [2.45, 2.75) is 30.2 Å². The van der Waals surface area contributed by atoms with E-state index in [4.69, 9.17) is 0 Å². The van der Waals surface area contributed by atoms with Gasteiger partial charge in [-0.15, -0.1) is 11.8 Å². The molecule has 43 heavy (non-hydrogen) atoms. The van der Waals surface area contributed by atoms with Crippen LogP contribution in [0.3, 0.4) is 0 Å². The highest BCUT2D eigenvalue weighted by Crippen LogP contribution is 2.35. The van der Waals surface area contributed by atoms with Crippen LogP contribution in [0.4, 0.5) is 24.5 Å². The normalized spacial score (nSPS) is 12.3. The number of amides is 3. The topological polar surface area (TPSA) is 87.3 Å². The SMILES string of the molecule is Cc1cccc(/C=C(/NC(=O)c2ccccc2)C(=O)Nc2cccc(SC(C)C(=O)Nc3ccccc3C(F)(F)F)c2)c1. The van der Waals surface area contributed by atoms with Crippen LogP contribution in [0.15, 0.2) is 114 Å². The molecule has 1 atom stereocenters. The first-order valence-corrected chi connectivity index (χ1v) is 14.1. The maximum absolute atomic E-state index is 13.4. The molecular formula is C33H28F3N3O3S. The molecule has 0 aliphatic carbocycles. The third-order valence-corrected chi connectivity index (χ3v) is 7.24. The highest BCUT2D eigenvalue weighted by Gasteiger charge is 2.34. The molecule has 3 amide bonds. The smallest absolute Gasteiger partial charge is 0.325 e. The van der Waals surface area contributed by atoms with Gasteiger partial charge in [-0.1, -0.05) is 66.2 Å². The van der Waals surface area contributed by atoms with Gasteiger partial charge in [-0.05, 0) is 68.0 Å². The molecule has 10 heteroatoms. The number of hydrogen-bond donors (Lipinski definition) is 3. The van der Waals surface area contributed by atoms with Crippen LogP contribution in [-0.4, -0.2) is 23.0 Å². The van der Waals surface area contributed by atoms with Gasteiger partial charge in [0.15, 0.2) is 0 Å². The van der Waals surface area contributed by atoms with Gasteiger partial charge < -0.3 is 16.0 Å². The van der Waals surface area contributed by atoms with Crippen LogP contribution in [0, 0.1) is 6.92 Å². The molecule has 6 nitrogen and oxygen atoms in total. The number of thioether (sulfide) groups is 1. The molecule has 4 rings (SSSR count). The summed E-state index contributed by atoms with van der Waals surface area (Å²) in [7, 11) is 0. The van der Waals surface area contributed by atoms with Crippen LogP contribution in [-0.2, 0) is 15.8 Å². The molecule has 3 N–H and O–H groups in total. The number of benzene rings is 4. The maximum atomic E-state index is 13.4. The standard InChI is InChI=1S/C33H28F3N3O3S/c1-21-10-8-11-23(18-21)19-29(39-31(41)24-12-4-3-5-13-24)32(42)37-25-14-9-15-26(20-25)43-22(2)30(40)38-28-17-7-6-16-27(28)33(34,35)36/h3-20,22H,1-2H3,(H,37,42)(H,38,40)(H,39,41)/b29-19+. The Hall–Kier alpha value is -4.83. The van der Waals surface area contributed by atoms with Crippen LogP contribution in [0.2, 0.25) is 0 Å². The van der Waals surface area contributed by atoms with E-state index >= 15 is 0 Å². The van der Waals surface area contributed by atoms with Crippen LogP contribution in [0.25, 0.3) is 6.08 Å². The third kappa shape index (κ3) is 8.83. The minimum absolute atomic E-state index is 0.0218. The zero-order valence-corrected chi connectivity index (χ0v) is 24.1. The highest BCUT2D eigenvalue weighted by atomic mass is 32.2. The summed E-state index contributed by atoms with van der Waals surface area (Å²) in [5.41, 5.74) is 1.25. The lowest BCUT2D eigenvalue weighted by Crippen LogP contribution is -2.30. The molecule has 1 unspecified atom stereocenters. The van der Waals surface area contributed by atoms with E-state index in [-0.39, 0.29) is 11.4 Å². The summed E-state index contributed by atoms with van der Waals surface area (Å²) >= 11 is 1.12. The number of anilines is 2. The molecule has 0 heterocycles. The van der Waals surface area contributed by atoms with Crippen molar-refractivity contribution in [3.05, 3.63) is 131 Å². The molecule has 4 aromatic carbocycles. The van der Waals surface area contributed by atoms with Gasteiger partial charge in [0.05, 0.1) is 16.5 Å². The highest BCUT2D eigenvalue weighted by molar-refractivity contribution is 8.00. The number of alkyl halides is 3. The summed E-state index contributed by atoms with van der Waals surface area (Å²) in [6, 6.07) is 27.4. The number of hydrogen-bond acceptors (Lipinski definition) is 4. The Kier molecular flexibility index (Phi) is 10.0. The van der Waals surface area contributed by atoms with Crippen molar-refractivity contribution in [1.29, 1.82) is 0 Å². The Balaban J connectivity index is 1.48. The molecule has 0 aliphatic rings. The van der Waals surface area contributed by atoms with E-state index in [0.717, 1.165) is 29.0 Å². The zero-order valence-electron chi connectivity index (χ0n) is 23.2. The Morgan fingerprint density at radius 1 is 0.814 bits per heavy atom. The second-order valence-corrected chi connectivity index (χ2v) is 11.0. The van der Waals surface area contributed by atoms with Gasteiger partial charge in [0.2, 0.25) is 5.91 Å². The van der Waals surface area contributed by atoms with E-state index in [0.29, 0.717) is 16.1 Å². The molecule has 0 radical (unpaired) electrons. The summed E-state index contributed by atoms with van der Waals surface area (Å²) in [5.74, 6) is -1.63. The fourth-order valence-electron chi connectivity index (χ4n) is 4.05. The van der Waals surface area contributed by atoms with Gasteiger partial charge in [0.1, 0.15) is 5.70 Å². The van der Waals surface area contributed by atoms with Crippen molar-refractivity contribution in [2.75, 3.05) is 10.6 Å². The van der Waals surface area contributed by atoms with Crippen LogP contribution in [0.1, 0.15) is 34.0 Å². The molecular weight excluding hydrogens is 575 g/mol. The third-order valence-electron chi connectivity index (χ3n) is 6.15. The fraction of sp³-hybridized carbons (Fsp3) is 0.121. The average molecular weight is 604 g/mol. The van der Waals surface area contributed by atoms with Crippen molar-refractivity contribution in [3.8, 4) is 0 Å². The first kappa shape index (κ1) is 31.1. The largest absolute Gasteiger partial charge is 0.418 e. The lowest BCUT2D eigenvalue weighted by Gasteiger charge is -2.16. The Morgan fingerprint density at radius 3 is 2.23 bits per heavy atom. The summed E-state index contributed by atoms with van der Waals surface area (Å²) in [6.07, 6.45) is -3.03. The summed E-state index contributed by atoms with van der Waals surface area (Å²) in [4.78, 5) is 39.6. The second kappa shape index (κ2) is 13.9. The summed E-state index contributed by atoms with van der Waals surface area (Å²) in [5, 5.41) is 7.08. The van der Waals surface area contributed by atoms with Crippen LogP contribution in [0.5, 0.6) is 0 Å². The Morgan fingerprint density at radius 2 is 1.51 bits per heavy atom. The van der Waals surface area contributed by atoms with Gasteiger partial charge in [-0.25, -0.2) is 0 Å². The van der Waals surface area contributed by atoms with E-state index in [1.807, 2.05) is 31.2 Å². The minimum Gasteiger partial charge on any atom is -0.325 e. The van der Waals surface area contributed by atoms with E-state index in [9.17, 15) is 27.6 Å². The van der Waals surface area contributed by atoms with Crippen LogP contribution >= 0.6 is 11.8 Å². The molecule has 4 aromatic rings. The lowest BCUT2D eigenvalue weighted by molar-refractivity contribution is -0.137. The molecule has 0 spiro atoms. The van der Waals surface area contributed by atoms with Crippen LogP contribution < -0.4 is 16.0 Å². The van der Waals surface area contributed by atoms with E-state index in [1.54, 1.807) is 67.6 Å². The number of aryl methyl sites for hydroxylation is 1. The molecule has 0 bridgehead atoms. The first-order valence-electron chi connectivity index (χ1n) is 13.2. The second-order valence-electron chi connectivity index (χ2n) is 9.57. The molecule has 0 aromatic heterocycles. The molecule has 0 saturated carbocycles. The van der Waals surface area contributed by atoms with Gasteiger partial charge >= 0.3 is 6.18 Å². The van der Waals surface area contributed by atoms with Crippen molar-refractivity contribution in [1.82, 2.24) is 5.32 Å². The van der Waals surface area contributed by atoms with E-state index in [1.165, 1.54) is 18.2 Å². The first-order chi connectivity index (χ1) is 20.5. The summed E-state index contributed by atoms with van der Waals surface area (Å²) in [6.45, 7) is 3.49. The number of halogens is 3. The van der Waals surface area contributed by atoms with E-state index in [2.05, 4.69) is 16.0 Å². The minimum atomic E-state index is -4.61. The van der Waals surface area contributed by atoms with Gasteiger partial charge in [-0.3, -0.25) is 14.4 Å². The van der Waals surface area contributed by atoms with Gasteiger partial charge in [0.25, 0.3) is 11.8 Å². The average Bonchev–Trinajstić information content (AvgIpc) is 2.97. The quantitative estimate of drug-likeness (QED) is 0.136. The molecule has 220 valence electrons. The van der Waals surface area contributed by atoms with Crippen molar-refractivity contribution in [2.24, 2.45) is 0 Å². The predicted octanol–water partition coefficient (Wildman–Crippen LogP) is 7.54. The Labute approximate surface area is 251 Å². The number of carbonyl (C=O) groups excluding carboxylic acids is 3. The number of rotatable bonds is 9. The Bertz CT molecular complexity index is 1660. The van der Waals surface area contributed by atoms with E-state index < -0.39 is 34.7 Å².